The Balaban J connectivity index is 1.22. The van der Waals surface area contributed by atoms with Crippen molar-refractivity contribution in [2.24, 2.45) is 0 Å². The van der Waals surface area contributed by atoms with Crippen LogP contribution in [0.2, 0.25) is 0 Å². The van der Waals surface area contributed by atoms with Gasteiger partial charge in [-0.15, -0.1) is 0 Å². The van der Waals surface area contributed by atoms with Crippen LogP contribution in [0.3, 0.4) is 0 Å². The van der Waals surface area contributed by atoms with Crippen LogP contribution in [0.4, 0.5) is 8.78 Å². The van der Waals surface area contributed by atoms with Gasteiger partial charge in [-0.2, -0.15) is 8.78 Å². The third-order valence-corrected chi connectivity index (χ3v) is 10.0. The highest BCUT2D eigenvalue weighted by molar-refractivity contribution is 5.85. The molecule has 0 radical (unpaired) electrons. The summed E-state index contributed by atoms with van der Waals surface area (Å²) in [7, 11) is 1.69. The number of fused-ring (bicyclic) bond motifs is 1. The highest BCUT2D eigenvalue weighted by atomic mass is 19.3. The van der Waals surface area contributed by atoms with Crippen LogP contribution < -0.4 is 9.47 Å². The second-order valence-corrected chi connectivity index (χ2v) is 13.1. The second kappa shape index (κ2) is 14.2. The lowest BCUT2D eigenvalue weighted by atomic mass is 9.89. The number of oxazole rings is 1. The fourth-order valence-electron chi connectivity index (χ4n) is 7.42. The molecule has 0 unspecified atom stereocenters. The first kappa shape index (κ1) is 33.6. The van der Waals surface area contributed by atoms with Gasteiger partial charge in [-0.05, 0) is 105 Å². The molecule has 260 valence electrons. The topological polar surface area (TPSA) is 101 Å². The van der Waals surface area contributed by atoms with Gasteiger partial charge >= 0.3 is 12.6 Å². The molecule has 1 atom stereocenters. The van der Waals surface area contributed by atoms with Crippen LogP contribution in [0.1, 0.15) is 48.1 Å². The van der Waals surface area contributed by atoms with E-state index < -0.39 is 18.6 Å². The number of likely N-dealkylation sites (tertiary alicyclic amines) is 2. The zero-order chi connectivity index (χ0) is 34.9. The van der Waals surface area contributed by atoms with E-state index >= 15 is 0 Å². The summed E-state index contributed by atoms with van der Waals surface area (Å²) in [6.07, 6.45) is 5.57. The number of carbonyl (C=O) groups is 1. The molecule has 0 bridgehead atoms. The van der Waals surface area contributed by atoms with Crippen LogP contribution in [0.5, 0.6) is 11.5 Å². The standard InChI is InChI=1S/C39H40F2N4O5/c1-23-27(25-18-35(48-3)32(42-20-25)22-44-14-4-5-15-44)9-6-10-28(23)29-11-7-12-30(24(29)2)37-43-31-17-26(21-45-16-8-13-33(45)38(46)47)34(50-39(40)41)19-36(31)49-37/h6-7,9-12,17-20,33,39H,4-5,8,13-16,21-22H2,1-3H3,(H,46,47)/t33-/m0/s1. The van der Waals surface area contributed by atoms with E-state index in [1.54, 1.807) is 18.1 Å². The molecule has 9 nitrogen and oxygen atoms in total. The third kappa shape index (κ3) is 6.67. The van der Waals surface area contributed by atoms with E-state index in [0.717, 1.165) is 70.0 Å². The van der Waals surface area contributed by atoms with Crippen LogP contribution in [-0.2, 0) is 17.9 Å². The molecule has 2 saturated heterocycles. The maximum atomic E-state index is 13.5. The van der Waals surface area contributed by atoms with E-state index in [-0.39, 0.29) is 12.3 Å². The number of hydrogen-bond donors (Lipinski definition) is 1. The predicted octanol–water partition coefficient (Wildman–Crippen LogP) is 8.10. The highest BCUT2D eigenvalue weighted by Crippen LogP contribution is 2.39. The van der Waals surface area contributed by atoms with Crippen LogP contribution in [0.15, 0.2) is 65.2 Å². The van der Waals surface area contributed by atoms with Crippen molar-refractivity contribution >= 4 is 17.1 Å². The van der Waals surface area contributed by atoms with Crippen LogP contribution in [-0.4, -0.2) is 70.2 Å². The van der Waals surface area contributed by atoms with E-state index in [2.05, 4.69) is 36.1 Å². The minimum atomic E-state index is -3.05. The number of benzene rings is 3. The van der Waals surface area contributed by atoms with E-state index in [1.165, 1.54) is 18.9 Å². The van der Waals surface area contributed by atoms with Gasteiger partial charge in [-0.3, -0.25) is 19.6 Å². The van der Waals surface area contributed by atoms with Crippen LogP contribution in [0.25, 0.3) is 44.8 Å². The number of carboxylic acid groups (broad SMARTS) is 1. The number of carboxylic acids is 1. The van der Waals surface area contributed by atoms with Crippen molar-refractivity contribution in [2.45, 2.75) is 65.3 Å². The van der Waals surface area contributed by atoms with Crippen molar-refractivity contribution in [1.82, 2.24) is 19.8 Å². The Morgan fingerprint density at radius 3 is 2.34 bits per heavy atom. The Kier molecular flexibility index (Phi) is 9.52. The van der Waals surface area contributed by atoms with Gasteiger partial charge < -0.3 is 19.0 Å². The van der Waals surface area contributed by atoms with Crippen molar-refractivity contribution in [2.75, 3.05) is 26.7 Å². The molecule has 50 heavy (non-hydrogen) atoms. The summed E-state index contributed by atoms with van der Waals surface area (Å²) in [6.45, 7) is 4.69. The van der Waals surface area contributed by atoms with E-state index in [9.17, 15) is 18.7 Å². The maximum absolute atomic E-state index is 13.5. The summed E-state index contributed by atoms with van der Waals surface area (Å²) in [5.41, 5.74) is 9.01. The zero-order valence-corrected chi connectivity index (χ0v) is 28.4. The Morgan fingerprint density at radius 2 is 1.64 bits per heavy atom. The maximum Gasteiger partial charge on any atom is 0.387 e. The normalized spacial score (nSPS) is 16.9. The Labute approximate surface area is 289 Å². The number of ether oxygens (including phenoxy) is 2. The number of aliphatic carboxylic acids is 1. The molecule has 0 spiro atoms. The largest absolute Gasteiger partial charge is 0.495 e. The zero-order valence-electron chi connectivity index (χ0n) is 28.4. The molecule has 0 amide bonds. The van der Waals surface area contributed by atoms with Crippen molar-refractivity contribution < 1.29 is 32.6 Å². The van der Waals surface area contributed by atoms with Crippen molar-refractivity contribution in [3.05, 3.63) is 83.2 Å². The SMILES string of the molecule is COc1cc(-c2cccc(-c3cccc(-c4nc5cc(CN6CCC[C@H]6C(=O)O)c(OC(F)F)cc5o4)c3C)c2C)cnc1CN1CCCC1. The summed E-state index contributed by atoms with van der Waals surface area (Å²) in [5.74, 6) is 0.141. The molecule has 1 N–H and O–H groups in total. The summed E-state index contributed by atoms with van der Waals surface area (Å²) in [5, 5.41) is 9.64. The smallest absolute Gasteiger partial charge is 0.387 e. The van der Waals surface area contributed by atoms with Gasteiger partial charge in [0, 0.05) is 42.0 Å². The lowest BCUT2D eigenvalue weighted by molar-refractivity contribution is -0.142. The molecule has 2 aromatic heterocycles. The summed E-state index contributed by atoms with van der Waals surface area (Å²) in [6, 6.07) is 16.6. The molecule has 0 aliphatic carbocycles. The Bertz CT molecular complexity index is 2040. The van der Waals surface area contributed by atoms with Gasteiger partial charge in [0.25, 0.3) is 0 Å². The monoisotopic (exact) mass is 682 g/mol. The third-order valence-electron chi connectivity index (χ3n) is 10.0. The Hall–Kier alpha value is -4.87. The molecule has 2 fully saturated rings. The van der Waals surface area contributed by atoms with Gasteiger partial charge in [0.05, 0.1) is 12.8 Å². The van der Waals surface area contributed by atoms with Gasteiger partial charge in [0.15, 0.2) is 5.58 Å². The minimum absolute atomic E-state index is 0.0562. The minimum Gasteiger partial charge on any atom is -0.495 e. The quantitative estimate of drug-likeness (QED) is 0.148. The van der Waals surface area contributed by atoms with Crippen LogP contribution in [0, 0.1) is 13.8 Å². The average Bonchev–Trinajstić information content (AvgIpc) is 3.87. The fourth-order valence-corrected chi connectivity index (χ4v) is 7.42. The van der Waals surface area contributed by atoms with Gasteiger partial charge in [-0.25, -0.2) is 4.98 Å². The molecule has 2 aliphatic rings. The first-order valence-electron chi connectivity index (χ1n) is 17.0. The van der Waals surface area contributed by atoms with Gasteiger partial charge in [0.2, 0.25) is 5.89 Å². The summed E-state index contributed by atoms with van der Waals surface area (Å²) < 4.78 is 43.8. The number of aromatic nitrogens is 2. The predicted molar refractivity (Wildman–Crippen MR) is 186 cm³/mol. The lowest BCUT2D eigenvalue weighted by Gasteiger charge is -2.22. The number of methoxy groups -OCH3 is 1. The number of nitrogens with zero attached hydrogens (tertiary/aromatic N) is 4. The lowest BCUT2D eigenvalue weighted by Crippen LogP contribution is -2.35. The molecule has 3 aromatic carbocycles. The molecular weight excluding hydrogens is 642 g/mol. The molecule has 7 rings (SSSR count). The molecule has 2 aliphatic heterocycles. The van der Waals surface area contributed by atoms with Crippen molar-refractivity contribution in [3.8, 4) is 45.2 Å². The summed E-state index contributed by atoms with van der Waals surface area (Å²) in [4.78, 5) is 25.5. The van der Waals surface area contributed by atoms with E-state index in [4.69, 9.17) is 23.9 Å². The molecule has 11 heteroatoms. The van der Waals surface area contributed by atoms with Crippen LogP contribution >= 0.6 is 0 Å². The number of hydrogen-bond acceptors (Lipinski definition) is 8. The number of pyridine rings is 1. The molecular formula is C39H40F2N4O5. The van der Waals surface area contributed by atoms with E-state index in [1.807, 2.05) is 31.3 Å². The van der Waals surface area contributed by atoms with Gasteiger partial charge in [0.1, 0.15) is 23.1 Å². The summed E-state index contributed by atoms with van der Waals surface area (Å²) >= 11 is 0. The molecule has 4 heterocycles. The van der Waals surface area contributed by atoms with Crippen molar-refractivity contribution in [3.63, 3.8) is 0 Å². The first-order chi connectivity index (χ1) is 24.2. The molecule has 0 saturated carbocycles. The highest BCUT2D eigenvalue weighted by Gasteiger charge is 2.31. The second-order valence-electron chi connectivity index (χ2n) is 13.1. The first-order valence-corrected chi connectivity index (χ1v) is 17.0. The number of alkyl halides is 2. The number of halogens is 2. The Morgan fingerprint density at radius 1 is 0.940 bits per heavy atom. The van der Waals surface area contributed by atoms with E-state index in [0.29, 0.717) is 41.9 Å². The van der Waals surface area contributed by atoms with Gasteiger partial charge in [-0.1, -0.05) is 30.3 Å². The average molecular weight is 683 g/mol. The van der Waals surface area contributed by atoms with Crippen molar-refractivity contribution in [1.29, 1.82) is 0 Å². The molecule has 5 aromatic rings. The fraction of sp³-hybridized carbons (Fsp3) is 0.359. The number of rotatable bonds is 11.